The fourth-order valence-electron chi connectivity index (χ4n) is 4.23. The zero-order valence-corrected chi connectivity index (χ0v) is 11.9. The van der Waals surface area contributed by atoms with Crippen LogP contribution in [0.5, 0.6) is 0 Å². The van der Waals surface area contributed by atoms with Crippen LogP contribution in [0.1, 0.15) is 71.1 Å². The number of nitrogens with one attached hydrogen (secondary N) is 1. The van der Waals surface area contributed by atoms with Crippen molar-refractivity contribution in [3.63, 3.8) is 0 Å². The van der Waals surface area contributed by atoms with Gasteiger partial charge in [0.05, 0.1) is 0 Å². The summed E-state index contributed by atoms with van der Waals surface area (Å²) in [4.78, 5) is 0. The first-order valence-electron chi connectivity index (χ1n) is 8.00. The van der Waals surface area contributed by atoms with Crippen LogP contribution in [-0.2, 0) is 0 Å². The summed E-state index contributed by atoms with van der Waals surface area (Å²) < 4.78 is 0. The van der Waals surface area contributed by atoms with Crippen LogP contribution in [0.3, 0.4) is 0 Å². The van der Waals surface area contributed by atoms with Crippen molar-refractivity contribution in [1.82, 2.24) is 5.32 Å². The van der Waals surface area contributed by atoms with Crippen LogP contribution in [0.4, 0.5) is 0 Å². The van der Waals surface area contributed by atoms with Crippen molar-refractivity contribution in [3.8, 4) is 0 Å². The lowest BCUT2D eigenvalue weighted by Crippen LogP contribution is -2.29. The first-order chi connectivity index (χ1) is 8.33. The third-order valence-electron chi connectivity index (χ3n) is 5.29. The normalized spacial score (nSPS) is 33.2. The van der Waals surface area contributed by atoms with Crippen molar-refractivity contribution < 1.29 is 0 Å². The lowest BCUT2D eigenvalue weighted by molar-refractivity contribution is 0.274. The Morgan fingerprint density at radius 1 is 1.12 bits per heavy atom. The molecule has 4 unspecified atom stereocenters. The van der Waals surface area contributed by atoms with Gasteiger partial charge in [-0.15, -0.1) is 0 Å². The largest absolute Gasteiger partial charge is 0.317 e. The molecule has 100 valence electrons. The molecule has 0 aromatic carbocycles. The molecule has 0 heterocycles. The van der Waals surface area contributed by atoms with Gasteiger partial charge in [0.25, 0.3) is 0 Å². The van der Waals surface area contributed by atoms with E-state index < -0.39 is 0 Å². The maximum absolute atomic E-state index is 3.57. The highest BCUT2D eigenvalue weighted by Crippen LogP contribution is 2.50. The summed E-state index contributed by atoms with van der Waals surface area (Å²) in [7, 11) is 2.16. The molecule has 2 fully saturated rings. The summed E-state index contributed by atoms with van der Waals surface area (Å²) in [6.45, 7) is 2.30. The molecule has 0 aliphatic heterocycles. The highest BCUT2D eigenvalue weighted by Gasteiger charge is 2.39. The lowest BCUT2D eigenvalue weighted by atomic mass is 9.83. The minimum Gasteiger partial charge on any atom is -0.317 e. The minimum absolute atomic E-state index is 0.802. The average Bonchev–Trinajstić information content (AvgIpc) is 2.95. The quantitative estimate of drug-likeness (QED) is 0.618. The van der Waals surface area contributed by atoms with Crippen LogP contribution >= 0.6 is 0 Å². The van der Waals surface area contributed by atoms with Gasteiger partial charge in [-0.1, -0.05) is 39.0 Å². The number of unbranched alkanes of at least 4 members (excludes halogenated alkanes) is 3. The molecular formula is C16H31N. The monoisotopic (exact) mass is 237 g/mol. The predicted molar refractivity (Wildman–Crippen MR) is 75.2 cm³/mol. The van der Waals surface area contributed by atoms with Crippen LogP contribution in [0.25, 0.3) is 0 Å². The second-order valence-corrected chi connectivity index (χ2v) is 6.51. The van der Waals surface area contributed by atoms with Gasteiger partial charge in [0, 0.05) is 6.04 Å². The summed E-state index contributed by atoms with van der Waals surface area (Å²) in [6.07, 6.45) is 14.7. The second kappa shape index (κ2) is 6.78. The van der Waals surface area contributed by atoms with E-state index in [-0.39, 0.29) is 0 Å². The Hall–Kier alpha value is -0.0400. The SMILES string of the molecule is CCCCCCC(CC1CC2CCC1C2)NC. The summed E-state index contributed by atoms with van der Waals surface area (Å²) >= 11 is 0. The first-order valence-corrected chi connectivity index (χ1v) is 8.00. The van der Waals surface area contributed by atoms with E-state index in [0.717, 1.165) is 23.8 Å². The summed E-state index contributed by atoms with van der Waals surface area (Å²) in [5, 5.41) is 3.57. The summed E-state index contributed by atoms with van der Waals surface area (Å²) in [5.41, 5.74) is 0. The fraction of sp³-hybridized carbons (Fsp3) is 1.00. The maximum atomic E-state index is 3.57. The van der Waals surface area contributed by atoms with Crippen LogP contribution < -0.4 is 5.32 Å². The standard InChI is InChI=1S/C16H31N/c1-3-4-5-6-7-16(17-2)12-15-11-13-8-9-14(15)10-13/h13-17H,3-12H2,1-2H3. The number of hydrogen-bond donors (Lipinski definition) is 1. The molecule has 1 N–H and O–H groups in total. The van der Waals surface area contributed by atoms with Gasteiger partial charge in [0.2, 0.25) is 0 Å². The zero-order valence-electron chi connectivity index (χ0n) is 11.9. The molecule has 0 aromatic heterocycles. The molecule has 2 aliphatic rings. The smallest absolute Gasteiger partial charge is 0.00668 e. The Morgan fingerprint density at radius 3 is 2.59 bits per heavy atom. The molecule has 17 heavy (non-hydrogen) atoms. The highest BCUT2D eigenvalue weighted by molar-refractivity contribution is 4.91. The molecule has 1 nitrogen and oxygen atoms in total. The van der Waals surface area contributed by atoms with E-state index in [2.05, 4.69) is 19.3 Å². The van der Waals surface area contributed by atoms with E-state index >= 15 is 0 Å². The van der Waals surface area contributed by atoms with Gasteiger partial charge in [-0.2, -0.15) is 0 Å². The van der Waals surface area contributed by atoms with Crippen LogP contribution in [-0.4, -0.2) is 13.1 Å². The van der Waals surface area contributed by atoms with Crippen LogP contribution in [0.15, 0.2) is 0 Å². The van der Waals surface area contributed by atoms with E-state index in [4.69, 9.17) is 0 Å². The molecule has 2 rings (SSSR count). The predicted octanol–water partition coefficient (Wildman–Crippen LogP) is 4.37. The average molecular weight is 237 g/mol. The van der Waals surface area contributed by atoms with Gasteiger partial charge in [-0.05, 0) is 56.9 Å². The number of rotatable bonds is 8. The zero-order chi connectivity index (χ0) is 12.1. The fourth-order valence-corrected chi connectivity index (χ4v) is 4.23. The van der Waals surface area contributed by atoms with Gasteiger partial charge in [-0.25, -0.2) is 0 Å². The van der Waals surface area contributed by atoms with Crippen molar-refractivity contribution in [2.45, 2.75) is 77.2 Å². The van der Waals surface area contributed by atoms with Gasteiger partial charge >= 0.3 is 0 Å². The van der Waals surface area contributed by atoms with Crippen LogP contribution in [0.2, 0.25) is 0 Å². The third kappa shape index (κ3) is 3.71. The van der Waals surface area contributed by atoms with E-state index in [1.54, 1.807) is 25.7 Å². The van der Waals surface area contributed by atoms with E-state index in [9.17, 15) is 0 Å². The van der Waals surface area contributed by atoms with Gasteiger partial charge in [-0.3, -0.25) is 0 Å². The van der Waals surface area contributed by atoms with E-state index in [0.29, 0.717) is 0 Å². The Balaban J connectivity index is 1.65. The number of hydrogen-bond acceptors (Lipinski definition) is 1. The van der Waals surface area contributed by atoms with Crippen molar-refractivity contribution in [1.29, 1.82) is 0 Å². The number of fused-ring (bicyclic) bond motifs is 2. The Morgan fingerprint density at radius 2 is 2.00 bits per heavy atom. The Labute approximate surface area is 108 Å². The molecular weight excluding hydrogens is 206 g/mol. The molecule has 1 heteroatoms. The third-order valence-corrected chi connectivity index (χ3v) is 5.29. The Kier molecular flexibility index (Phi) is 5.34. The van der Waals surface area contributed by atoms with Crippen molar-refractivity contribution in [3.05, 3.63) is 0 Å². The lowest BCUT2D eigenvalue weighted by Gasteiger charge is -2.26. The van der Waals surface area contributed by atoms with Crippen molar-refractivity contribution >= 4 is 0 Å². The molecule has 4 atom stereocenters. The summed E-state index contributed by atoms with van der Waals surface area (Å²) in [5.74, 6) is 3.28. The molecule has 2 saturated carbocycles. The minimum atomic E-state index is 0.802. The van der Waals surface area contributed by atoms with E-state index in [1.807, 2.05) is 0 Å². The topological polar surface area (TPSA) is 12.0 Å². The van der Waals surface area contributed by atoms with Crippen molar-refractivity contribution in [2.75, 3.05) is 7.05 Å². The second-order valence-electron chi connectivity index (χ2n) is 6.51. The molecule has 0 amide bonds. The molecule has 0 saturated heterocycles. The molecule has 2 bridgehead atoms. The van der Waals surface area contributed by atoms with Crippen LogP contribution in [0, 0.1) is 17.8 Å². The molecule has 2 aliphatic carbocycles. The molecule has 0 aromatic rings. The van der Waals surface area contributed by atoms with E-state index in [1.165, 1.54) is 38.5 Å². The van der Waals surface area contributed by atoms with Gasteiger partial charge in [0.1, 0.15) is 0 Å². The van der Waals surface area contributed by atoms with Gasteiger partial charge in [0.15, 0.2) is 0 Å². The van der Waals surface area contributed by atoms with Crippen molar-refractivity contribution in [2.24, 2.45) is 17.8 Å². The molecule has 0 spiro atoms. The highest BCUT2D eigenvalue weighted by atomic mass is 14.9. The Bertz CT molecular complexity index is 214. The first kappa shape index (κ1) is 13.4. The van der Waals surface area contributed by atoms with Gasteiger partial charge < -0.3 is 5.32 Å². The summed E-state index contributed by atoms with van der Waals surface area (Å²) in [6, 6.07) is 0.802. The maximum Gasteiger partial charge on any atom is 0.00668 e. The molecule has 0 radical (unpaired) electrons.